The average Bonchev–Trinajstić information content (AvgIpc) is 2.75. The number of nitrogens with zero attached hydrogens (tertiary/aromatic N) is 2. The molecule has 0 aliphatic carbocycles. The highest BCUT2D eigenvalue weighted by atomic mass is 32.1. The van der Waals surface area contributed by atoms with Gasteiger partial charge < -0.3 is 15.2 Å². The Morgan fingerprint density at radius 3 is 2.73 bits per heavy atom. The number of carbonyl (C=O) groups excluding carboxylic acids is 1. The number of hydrogen-bond donors (Lipinski definition) is 2. The second-order valence-electron chi connectivity index (χ2n) is 6.78. The summed E-state index contributed by atoms with van der Waals surface area (Å²) in [6.07, 6.45) is 5.56. The van der Waals surface area contributed by atoms with E-state index in [1.807, 2.05) is 44.2 Å². The third kappa shape index (κ3) is 6.33. The summed E-state index contributed by atoms with van der Waals surface area (Å²) in [5, 5.41) is 11.6. The zero-order valence-electron chi connectivity index (χ0n) is 17.5. The van der Waals surface area contributed by atoms with Crippen LogP contribution in [0.2, 0.25) is 0 Å². The van der Waals surface area contributed by atoms with Gasteiger partial charge in [-0.2, -0.15) is 0 Å². The van der Waals surface area contributed by atoms with E-state index in [1.165, 1.54) is 4.57 Å². The third-order valence-electron chi connectivity index (χ3n) is 4.60. The predicted octanol–water partition coefficient (Wildman–Crippen LogP) is 2.91. The molecule has 0 bridgehead atoms. The number of hydrogen-bond acceptors (Lipinski definition) is 6. The van der Waals surface area contributed by atoms with E-state index in [1.54, 1.807) is 13.1 Å². The minimum Gasteiger partial charge on any atom is -0.490 e. The number of aromatic nitrogens is 2. The van der Waals surface area contributed by atoms with Gasteiger partial charge in [-0.25, -0.2) is 4.98 Å². The van der Waals surface area contributed by atoms with Crippen molar-refractivity contribution in [3.8, 4) is 0 Å². The van der Waals surface area contributed by atoms with E-state index in [0.29, 0.717) is 36.0 Å². The van der Waals surface area contributed by atoms with Gasteiger partial charge in [0.25, 0.3) is 11.5 Å². The average molecular weight is 430 g/mol. The zero-order chi connectivity index (χ0) is 22.1. The molecule has 160 valence electrons. The van der Waals surface area contributed by atoms with Crippen molar-refractivity contribution in [1.29, 1.82) is 0 Å². The zero-order valence-corrected chi connectivity index (χ0v) is 18.3. The maximum Gasteiger partial charge on any atom is 0.261 e. The summed E-state index contributed by atoms with van der Waals surface area (Å²) >= 11 is 5.05. The summed E-state index contributed by atoms with van der Waals surface area (Å²) in [4.78, 5) is 28.8. The van der Waals surface area contributed by atoms with Crippen molar-refractivity contribution >= 4 is 33.9 Å². The number of amides is 1. The monoisotopic (exact) mass is 429 g/mol. The Bertz CT molecular complexity index is 1040. The molecule has 7 nitrogen and oxygen atoms in total. The molecule has 0 atom stereocenters. The Hall–Kier alpha value is -2.84. The van der Waals surface area contributed by atoms with E-state index in [9.17, 15) is 9.59 Å². The molecule has 2 rings (SSSR count). The second kappa shape index (κ2) is 11.4. The number of nitrogens with one attached hydrogen (secondary N) is 1. The number of benzene rings is 1. The standard InChI is InChI=1S/C22H27N3O4S/c1-4-16(11-9-15(2)10-12-19(30)21(27)23-14-26)29-13-20-24-18-8-6-5-7-17(18)22(28)25(20)3/h5-9,11,26H,4,10,12-14H2,1-3H3,(H,23,27)/b15-9?,16-11+. The lowest BCUT2D eigenvalue weighted by Gasteiger charge is -2.12. The largest absolute Gasteiger partial charge is 0.490 e. The van der Waals surface area contributed by atoms with E-state index in [-0.39, 0.29) is 17.0 Å². The summed E-state index contributed by atoms with van der Waals surface area (Å²) in [6.45, 7) is 3.70. The maximum absolute atomic E-state index is 12.5. The van der Waals surface area contributed by atoms with E-state index in [2.05, 4.69) is 10.3 Å². The van der Waals surface area contributed by atoms with Crippen LogP contribution in [-0.2, 0) is 23.2 Å². The molecular formula is C22H27N3O4S. The van der Waals surface area contributed by atoms with Crippen molar-refractivity contribution in [3.63, 3.8) is 0 Å². The Labute approximate surface area is 181 Å². The van der Waals surface area contributed by atoms with Gasteiger partial charge in [0.15, 0.2) is 0 Å². The number of ether oxygens (including phenoxy) is 1. The minimum absolute atomic E-state index is 0.0989. The van der Waals surface area contributed by atoms with Gasteiger partial charge in [-0.15, -0.1) is 0 Å². The van der Waals surface area contributed by atoms with Gasteiger partial charge in [0.1, 0.15) is 19.2 Å². The third-order valence-corrected chi connectivity index (χ3v) is 4.99. The van der Waals surface area contributed by atoms with Crippen LogP contribution in [0.5, 0.6) is 0 Å². The molecule has 2 N–H and O–H groups in total. The van der Waals surface area contributed by atoms with E-state index in [0.717, 1.165) is 11.3 Å². The fourth-order valence-electron chi connectivity index (χ4n) is 2.73. The topological polar surface area (TPSA) is 93.5 Å². The van der Waals surface area contributed by atoms with Crippen molar-refractivity contribution in [2.75, 3.05) is 6.73 Å². The number of rotatable bonds is 10. The fourth-order valence-corrected chi connectivity index (χ4v) is 2.91. The predicted molar refractivity (Wildman–Crippen MR) is 121 cm³/mol. The van der Waals surface area contributed by atoms with Crippen molar-refractivity contribution in [3.05, 3.63) is 63.9 Å². The van der Waals surface area contributed by atoms with Crippen LogP contribution in [0.4, 0.5) is 0 Å². The van der Waals surface area contributed by atoms with Gasteiger partial charge in [0.2, 0.25) is 0 Å². The smallest absolute Gasteiger partial charge is 0.261 e. The Morgan fingerprint density at radius 2 is 2.03 bits per heavy atom. The van der Waals surface area contributed by atoms with Crippen LogP contribution in [-0.4, -0.2) is 32.2 Å². The van der Waals surface area contributed by atoms with Crippen molar-refractivity contribution in [1.82, 2.24) is 14.9 Å². The second-order valence-corrected chi connectivity index (χ2v) is 7.28. The van der Waals surface area contributed by atoms with E-state index >= 15 is 0 Å². The summed E-state index contributed by atoms with van der Waals surface area (Å²) in [5.41, 5.74) is 1.59. The van der Waals surface area contributed by atoms with Crippen LogP contribution in [0, 0.1) is 0 Å². The van der Waals surface area contributed by atoms with Crippen LogP contribution in [0.3, 0.4) is 0 Å². The molecule has 0 fully saturated rings. The molecule has 8 heteroatoms. The van der Waals surface area contributed by atoms with Crippen molar-refractivity contribution < 1.29 is 14.6 Å². The molecule has 30 heavy (non-hydrogen) atoms. The quantitative estimate of drug-likeness (QED) is 0.261. The molecule has 0 aliphatic heterocycles. The molecule has 0 saturated heterocycles. The van der Waals surface area contributed by atoms with Crippen LogP contribution < -0.4 is 10.9 Å². The first-order valence-electron chi connectivity index (χ1n) is 9.73. The first-order valence-corrected chi connectivity index (χ1v) is 10.1. The van der Waals surface area contributed by atoms with Gasteiger partial charge in [0, 0.05) is 13.5 Å². The van der Waals surface area contributed by atoms with Crippen molar-refractivity contribution in [2.24, 2.45) is 7.05 Å². The van der Waals surface area contributed by atoms with Crippen LogP contribution in [0.25, 0.3) is 10.9 Å². The first kappa shape index (κ1) is 23.4. The van der Waals surface area contributed by atoms with Crippen molar-refractivity contribution in [2.45, 2.75) is 39.7 Å². The highest BCUT2D eigenvalue weighted by Gasteiger charge is 2.09. The number of aliphatic hydroxyl groups is 1. The summed E-state index contributed by atoms with van der Waals surface area (Å²) < 4.78 is 7.39. The normalized spacial score (nSPS) is 12.1. The lowest BCUT2D eigenvalue weighted by molar-refractivity contribution is -0.115. The molecular weight excluding hydrogens is 402 g/mol. The summed E-state index contributed by atoms with van der Waals surface area (Å²) in [5.74, 6) is 0.901. The fraction of sp³-hybridized carbons (Fsp3) is 0.364. The van der Waals surface area contributed by atoms with E-state index < -0.39 is 12.6 Å². The molecule has 0 saturated carbocycles. The lowest BCUT2D eigenvalue weighted by Crippen LogP contribution is -2.30. The Balaban J connectivity index is 2.02. The molecule has 1 aromatic carbocycles. The first-order chi connectivity index (χ1) is 14.4. The van der Waals surface area contributed by atoms with Crippen LogP contribution >= 0.6 is 12.2 Å². The molecule has 1 amide bonds. The number of aliphatic hydroxyl groups excluding tert-OH is 1. The van der Waals surface area contributed by atoms with Crippen LogP contribution in [0.15, 0.2) is 52.5 Å². The number of fused-ring (bicyclic) bond motifs is 1. The van der Waals surface area contributed by atoms with Gasteiger partial charge >= 0.3 is 0 Å². The SMILES string of the molecule is CC/C(=C\C=C(C)CCC(=S)C(=O)NCO)OCc1nc2ccccc2c(=O)n1C. The maximum atomic E-state index is 12.5. The molecule has 2 aromatic rings. The minimum atomic E-state index is -0.425. The molecule has 0 aliphatic rings. The number of para-hydroxylation sites is 1. The highest BCUT2D eigenvalue weighted by Crippen LogP contribution is 2.12. The molecule has 1 heterocycles. The number of thiocarbonyl (C=S) groups is 1. The van der Waals surface area contributed by atoms with Gasteiger partial charge in [-0.1, -0.05) is 42.9 Å². The van der Waals surface area contributed by atoms with Gasteiger partial charge in [-0.3, -0.25) is 14.2 Å². The van der Waals surface area contributed by atoms with E-state index in [4.69, 9.17) is 22.1 Å². The molecule has 0 radical (unpaired) electrons. The molecule has 0 unspecified atom stereocenters. The summed E-state index contributed by atoms with van der Waals surface area (Å²) in [7, 11) is 1.69. The lowest BCUT2D eigenvalue weighted by atomic mass is 10.1. The number of carbonyl (C=O) groups is 1. The number of allylic oxidation sites excluding steroid dienone is 4. The highest BCUT2D eigenvalue weighted by molar-refractivity contribution is 7.82. The van der Waals surface area contributed by atoms with Crippen LogP contribution in [0.1, 0.15) is 38.9 Å². The van der Waals surface area contributed by atoms with Gasteiger partial charge in [0.05, 0.1) is 21.5 Å². The molecule has 0 spiro atoms. The Kier molecular flexibility index (Phi) is 8.89. The van der Waals surface area contributed by atoms with Gasteiger partial charge in [-0.05, 0) is 38.0 Å². The molecule has 1 aromatic heterocycles. The Morgan fingerprint density at radius 1 is 1.30 bits per heavy atom. The summed E-state index contributed by atoms with van der Waals surface area (Å²) in [6, 6.07) is 7.25.